The van der Waals surface area contributed by atoms with E-state index in [-0.39, 0.29) is 11.4 Å². The Morgan fingerprint density at radius 1 is 1.09 bits per heavy atom. The molecule has 2 aromatic carbocycles. The van der Waals surface area contributed by atoms with Crippen molar-refractivity contribution in [2.45, 2.75) is 19.4 Å². The predicted octanol–water partition coefficient (Wildman–Crippen LogP) is 5.33. The summed E-state index contributed by atoms with van der Waals surface area (Å²) in [6.45, 7) is 2.57. The van der Waals surface area contributed by atoms with Gasteiger partial charge in [0.05, 0.1) is 30.2 Å². The van der Waals surface area contributed by atoms with Gasteiger partial charge in [-0.2, -0.15) is 0 Å². The maximum atomic E-state index is 13.4. The van der Waals surface area contributed by atoms with Gasteiger partial charge in [-0.25, -0.2) is 0 Å². The summed E-state index contributed by atoms with van der Waals surface area (Å²) >= 11 is 1.27. The SMILES string of the molecule is CCCOc1cccc(C2C(C(=O)c3cccs3)=C(O)C(=O)N2c2cccc(OC)c2)c1. The van der Waals surface area contributed by atoms with Gasteiger partial charge in [0, 0.05) is 11.8 Å². The lowest BCUT2D eigenvalue weighted by Gasteiger charge is -2.27. The highest BCUT2D eigenvalue weighted by atomic mass is 32.1. The minimum absolute atomic E-state index is 0.0490. The minimum Gasteiger partial charge on any atom is -0.503 e. The van der Waals surface area contributed by atoms with E-state index in [1.54, 1.807) is 55.0 Å². The van der Waals surface area contributed by atoms with Crippen LogP contribution in [0, 0.1) is 0 Å². The van der Waals surface area contributed by atoms with E-state index in [0.29, 0.717) is 34.2 Å². The normalized spacial score (nSPS) is 15.9. The molecule has 0 aliphatic carbocycles. The Hall–Kier alpha value is -3.58. The van der Waals surface area contributed by atoms with Crippen molar-refractivity contribution in [2.75, 3.05) is 18.6 Å². The Labute approximate surface area is 190 Å². The minimum atomic E-state index is -0.811. The first-order valence-corrected chi connectivity index (χ1v) is 11.1. The van der Waals surface area contributed by atoms with E-state index in [4.69, 9.17) is 9.47 Å². The number of hydrogen-bond acceptors (Lipinski definition) is 6. The summed E-state index contributed by atoms with van der Waals surface area (Å²) in [5.41, 5.74) is 1.23. The molecule has 1 amide bonds. The lowest BCUT2D eigenvalue weighted by atomic mass is 9.95. The first-order valence-electron chi connectivity index (χ1n) is 10.3. The molecule has 3 aromatic rings. The molecule has 164 valence electrons. The molecule has 0 spiro atoms. The molecular formula is C25H23NO5S. The van der Waals surface area contributed by atoms with Crippen molar-refractivity contribution in [3.63, 3.8) is 0 Å². The molecule has 0 saturated heterocycles. The second kappa shape index (κ2) is 9.28. The second-order valence-corrected chi connectivity index (χ2v) is 8.22. The Morgan fingerprint density at radius 3 is 2.59 bits per heavy atom. The van der Waals surface area contributed by atoms with E-state index < -0.39 is 17.7 Å². The first-order chi connectivity index (χ1) is 15.5. The lowest BCUT2D eigenvalue weighted by molar-refractivity contribution is -0.117. The number of ketones is 1. The molecule has 2 heterocycles. The number of methoxy groups -OCH3 is 1. The zero-order chi connectivity index (χ0) is 22.7. The van der Waals surface area contributed by atoms with Crippen LogP contribution in [0.1, 0.15) is 34.6 Å². The second-order valence-electron chi connectivity index (χ2n) is 7.27. The number of Topliss-reactive ketones (excluding diaryl/α,β-unsaturated/α-hetero) is 1. The van der Waals surface area contributed by atoms with Gasteiger partial charge in [0.25, 0.3) is 5.91 Å². The van der Waals surface area contributed by atoms with Crippen LogP contribution < -0.4 is 14.4 Å². The van der Waals surface area contributed by atoms with Crippen LogP contribution in [-0.4, -0.2) is 30.5 Å². The van der Waals surface area contributed by atoms with Crippen LogP contribution in [0.15, 0.2) is 77.4 Å². The van der Waals surface area contributed by atoms with Crippen LogP contribution in [0.5, 0.6) is 11.5 Å². The molecule has 1 N–H and O–H groups in total. The molecule has 0 fully saturated rings. The number of hydrogen-bond donors (Lipinski definition) is 1. The summed E-state index contributed by atoms with van der Waals surface area (Å²) in [6, 6.07) is 16.9. The molecule has 0 saturated carbocycles. The third kappa shape index (κ3) is 3.99. The van der Waals surface area contributed by atoms with Crippen molar-refractivity contribution < 1.29 is 24.2 Å². The molecule has 7 heteroatoms. The molecule has 1 aromatic heterocycles. The predicted molar refractivity (Wildman–Crippen MR) is 124 cm³/mol. The molecule has 0 radical (unpaired) electrons. The third-order valence-electron chi connectivity index (χ3n) is 5.18. The fourth-order valence-corrected chi connectivity index (χ4v) is 4.39. The van der Waals surface area contributed by atoms with Crippen LogP contribution in [-0.2, 0) is 4.79 Å². The van der Waals surface area contributed by atoms with Crippen molar-refractivity contribution in [3.05, 3.63) is 87.8 Å². The average molecular weight is 450 g/mol. The topological polar surface area (TPSA) is 76.1 Å². The number of benzene rings is 2. The Kier molecular flexibility index (Phi) is 6.28. The molecule has 1 aliphatic heterocycles. The van der Waals surface area contributed by atoms with Gasteiger partial charge in [0.15, 0.2) is 5.76 Å². The van der Waals surface area contributed by atoms with Crippen molar-refractivity contribution in [2.24, 2.45) is 0 Å². The largest absolute Gasteiger partial charge is 0.503 e. The van der Waals surface area contributed by atoms with Crippen LogP contribution in [0.3, 0.4) is 0 Å². The number of carbonyl (C=O) groups excluding carboxylic acids is 2. The third-order valence-corrected chi connectivity index (χ3v) is 6.04. The summed E-state index contributed by atoms with van der Waals surface area (Å²) in [5, 5.41) is 12.6. The van der Waals surface area contributed by atoms with E-state index in [0.717, 1.165) is 6.42 Å². The van der Waals surface area contributed by atoms with Crippen LogP contribution in [0.25, 0.3) is 0 Å². The van der Waals surface area contributed by atoms with E-state index in [1.807, 2.05) is 25.1 Å². The first kappa shape index (κ1) is 21.6. The summed E-state index contributed by atoms with van der Waals surface area (Å²) in [4.78, 5) is 28.5. The molecule has 6 nitrogen and oxygen atoms in total. The van der Waals surface area contributed by atoms with Gasteiger partial charge < -0.3 is 14.6 Å². The lowest BCUT2D eigenvalue weighted by Crippen LogP contribution is -2.31. The molecule has 1 unspecified atom stereocenters. The zero-order valence-corrected chi connectivity index (χ0v) is 18.6. The summed E-state index contributed by atoms with van der Waals surface area (Å²) < 4.78 is 11.1. The Bertz CT molecular complexity index is 1170. The van der Waals surface area contributed by atoms with E-state index in [9.17, 15) is 14.7 Å². The number of ether oxygens (including phenoxy) is 2. The highest BCUT2D eigenvalue weighted by Crippen LogP contribution is 2.43. The molecule has 0 bridgehead atoms. The van der Waals surface area contributed by atoms with Gasteiger partial charge in [-0.15, -0.1) is 11.3 Å². The van der Waals surface area contributed by atoms with E-state index in [1.165, 1.54) is 16.2 Å². The molecular weight excluding hydrogens is 426 g/mol. The quantitative estimate of drug-likeness (QED) is 0.471. The van der Waals surface area contributed by atoms with Gasteiger partial charge in [-0.05, 0) is 47.7 Å². The number of rotatable bonds is 8. The zero-order valence-electron chi connectivity index (χ0n) is 17.8. The number of aliphatic hydroxyl groups excluding tert-OH is 1. The summed E-state index contributed by atoms with van der Waals surface area (Å²) in [6.07, 6.45) is 0.852. The fraction of sp³-hybridized carbons (Fsp3) is 0.200. The van der Waals surface area contributed by atoms with Gasteiger partial charge in [0.2, 0.25) is 5.78 Å². The van der Waals surface area contributed by atoms with Crippen molar-refractivity contribution >= 4 is 28.7 Å². The van der Waals surface area contributed by atoms with Gasteiger partial charge in [-0.1, -0.05) is 31.2 Å². The highest BCUT2D eigenvalue weighted by molar-refractivity contribution is 7.12. The van der Waals surface area contributed by atoms with Crippen LogP contribution >= 0.6 is 11.3 Å². The van der Waals surface area contributed by atoms with Crippen LogP contribution in [0.4, 0.5) is 5.69 Å². The molecule has 32 heavy (non-hydrogen) atoms. The van der Waals surface area contributed by atoms with Crippen LogP contribution in [0.2, 0.25) is 0 Å². The number of amides is 1. The number of aliphatic hydroxyl groups is 1. The Balaban J connectivity index is 1.85. The molecule has 1 atom stereocenters. The maximum absolute atomic E-state index is 13.4. The van der Waals surface area contributed by atoms with Crippen molar-refractivity contribution in [1.82, 2.24) is 0 Å². The number of anilines is 1. The summed E-state index contributed by atoms with van der Waals surface area (Å²) in [7, 11) is 1.54. The summed E-state index contributed by atoms with van der Waals surface area (Å²) in [5.74, 6) is -0.358. The number of nitrogens with zero attached hydrogens (tertiary/aromatic N) is 1. The maximum Gasteiger partial charge on any atom is 0.294 e. The van der Waals surface area contributed by atoms with E-state index in [2.05, 4.69) is 0 Å². The van der Waals surface area contributed by atoms with E-state index >= 15 is 0 Å². The van der Waals surface area contributed by atoms with Gasteiger partial charge >= 0.3 is 0 Å². The smallest absolute Gasteiger partial charge is 0.294 e. The number of carbonyl (C=O) groups is 2. The van der Waals surface area contributed by atoms with Crippen molar-refractivity contribution in [1.29, 1.82) is 0 Å². The average Bonchev–Trinajstić information content (AvgIpc) is 3.45. The monoisotopic (exact) mass is 449 g/mol. The Morgan fingerprint density at radius 2 is 1.88 bits per heavy atom. The fourth-order valence-electron chi connectivity index (χ4n) is 3.71. The molecule has 4 rings (SSSR count). The van der Waals surface area contributed by atoms with Gasteiger partial charge in [-0.3, -0.25) is 14.5 Å². The van der Waals surface area contributed by atoms with Crippen molar-refractivity contribution in [3.8, 4) is 11.5 Å². The highest BCUT2D eigenvalue weighted by Gasteiger charge is 2.45. The van der Waals surface area contributed by atoms with Gasteiger partial charge in [0.1, 0.15) is 11.5 Å². The standard InChI is InChI=1S/C25H23NO5S/c1-3-12-31-19-10-4-7-16(14-19)22-21(23(27)20-11-6-13-32-20)24(28)25(29)26(22)17-8-5-9-18(15-17)30-2/h4-11,13-15,22,28H,3,12H2,1-2H3. The molecule has 1 aliphatic rings. The number of thiophene rings is 1.